The van der Waals surface area contributed by atoms with Crippen LogP contribution in [0.2, 0.25) is 0 Å². The van der Waals surface area contributed by atoms with Crippen molar-refractivity contribution in [1.82, 2.24) is 9.80 Å². The van der Waals surface area contributed by atoms with Gasteiger partial charge in [0.15, 0.2) is 5.75 Å². The molecule has 0 bridgehead atoms. The lowest BCUT2D eigenvalue weighted by atomic mass is 10.1. The van der Waals surface area contributed by atoms with Gasteiger partial charge in [-0.2, -0.15) is 5.26 Å². The number of para-hydroxylation sites is 3. The van der Waals surface area contributed by atoms with Crippen LogP contribution in [0.5, 0.6) is 11.5 Å². The van der Waals surface area contributed by atoms with Crippen molar-refractivity contribution in [3.8, 4) is 17.6 Å². The third-order valence-corrected chi connectivity index (χ3v) is 5.67. The zero-order chi connectivity index (χ0) is 22.9. The maximum atomic E-state index is 12.8. The molecule has 0 aliphatic carbocycles. The Morgan fingerprint density at radius 3 is 2.36 bits per heavy atom. The Morgan fingerprint density at radius 2 is 1.58 bits per heavy atom. The highest BCUT2D eigenvalue weighted by Crippen LogP contribution is 2.29. The van der Waals surface area contributed by atoms with Crippen molar-refractivity contribution in [2.75, 3.05) is 38.0 Å². The van der Waals surface area contributed by atoms with E-state index in [0.29, 0.717) is 23.5 Å². The minimum atomic E-state index is -0.0420. The summed E-state index contributed by atoms with van der Waals surface area (Å²) in [7, 11) is 0. The quantitative estimate of drug-likeness (QED) is 0.586. The molecule has 1 N–H and O–H groups in total. The Labute approximate surface area is 195 Å². The second-order valence-corrected chi connectivity index (χ2v) is 8.17. The number of amides is 1. The molecule has 1 saturated heterocycles. The number of nitriles is 1. The fraction of sp³-hybridized carbons (Fsp3) is 0.259. The summed E-state index contributed by atoms with van der Waals surface area (Å²) in [6.45, 7) is 4.83. The second-order valence-electron chi connectivity index (χ2n) is 8.17. The van der Waals surface area contributed by atoms with Crippen LogP contribution < -0.4 is 10.1 Å². The van der Waals surface area contributed by atoms with Gasteiger partial charge in [0.2, 0.25) is 5.91 Å². The molecule has 1 amide bonds. The van der Waals surface area contributed by atoms with E-state index in [0.717, 1.165) is 44.9 Å². The Morgan fingerprint density at radius 1 is 0.879 bits per heavy atom. The molecule has 1 aliphatic heterocycles. The molecule has 3 aromatic carbocycles. The molecule has 4 rings (SSSR count). The number of nitrogens with one attached hydrogen (secondary N) is 1. The van der Waals surface area contributed by atoms with Gasteiger partial charge in [-0.3, -0.25) is 14.6 Å². The largest absolute Gasteiger partial charge is 0.455 e. The van der Waals surface area contributed by atoms with Crippen LogP contribution in [0.25, 0.3) is 0 Å². The van der Waals surface area contributed by atoms with Gasteiger partial charge in [0.1, 0.15) is 5.75 Å². The van der Waals surface area contributed by atoms with Gasteiger partial charge in [-0.15, -0.1) is 0 Å². The van der Waals surface area contributed by atoms with Gasteiger partial charge < -0.3 is 10.1 Å². The number of nitrogens with zero attached hydrogens (tertiary/aromatic N) is 3. The van der Waals surface area contributed by atoms with E-state index in [9.17, 15) is 4.79 Å². The number of anilines is 1. The molecule has 168 valence electrons. The summed E-state index contributed by atoms with van der Waals surface area (Å²) >= 11 is 0. The van der Waals surface area contributed by atoms with Crippen LogP contribution in [0.15, 0.2) is 78.9 Å². The molecule has 33 heavy (non-hydrogen) atoms. The number of carbonyl (C=O) groups excluding carboxylic acids is 1. The summed E-state index contributed by atoms with van der Waals surface area (Å²) in [5.74, 6) is 1.32. The summed E-state index contributed by atoms with van der Waals surface area (Å²) in [6, 6.07) is 27.0. The summed E-state index contributed by atoms with van der Waals surface area (Å²) in [6.07, 6.45) is 1.01. The fourth-order valence-electron chi connectivity index (χ4n) is 3.95. The lowest BCUT2D eigenvalue weighted by molar-refractivity contribution is -0.117. The number of hydrogen-bond donors (Lipinski definition) is 1. The van der Waals surface area contributed by atoms with Crippen LogP contribution in [0.1, 0.15) is 17.5 Å². The SMILES string of the molecule is N#Cc1ccc(CN2CCCN(CC(=O)Nc3ccccc3Oc3ccccc3)CC2)cc1. The standard InChI is InChI=1S/C27H28N4O2/c28-19-22-11-13-23(14-12-22)20-30-15-6-16-31(18-17-30)21-27(32)29-25-9-4-5-10-26(25)33-24-7-2-1-3-8-24/h1-5,7-14H,6,15-18,20-21H2,(H,29,32). The number of benzene rings is 3. The summed E-state index contributed by atoms with van der Waals surface area (Å²) in [5, 5.41) is 12.0. The van der Waals surface area contributed by atoms with Crippen LogP contribution in [-0.4, -0.2) is 48.4 Å². The maximum absolute atomic E-state index is 12.8. The Hall–Kier alpha value is -3.66. The maximum Gasteiger partial charge on any atom is 0.238 e. The molecule has 0 aromatic heterocycles. The molecular weight excluding hydrogens is 412 g/mol. The number of rotatable bonds is 7. The summed E-state index contributed by atoms with van der Waals surface area (Å²) < 4.78 is 5.95. The summed E-state index contributed by atoms with van der Waals surface area (Å²) in [4.78, 5) is 17.4. The first-order chi connectivity index (χ1) is 16.2. The smallest absolute Gasteiger partial charge is 0.238 e. The Kier molecular flexibility index (Phi) is 7.70. The van der Waals surface area contributed by atoms with Gasteiger partial charge in [0.25, 0.3) is 0 Å². The molecule has 1 fully saturated rings. The first-order valence-electron chi connectivity index (χ1n) is 11.2. The minimum Gasteiger partial charge on any atom is -0.455 e. The zero-order valence-electron chi connectivity index (χ0n) is 18.6. The van der Waals surface area contributed by atoms with Crippen LogP contribution >= 0.6 is 0 Å². The first-order valence-corrected chi connectivity index (χ1v) is 11.2. The third kappa shape index (κ3) is 6.66. The molecule has 0 atom stereocenters. The second kappa shape index (κ2) is 11.3. The molecule has 3 aromatic rings. The highest BCUT2D eigenvalue weighted by Gasteiger charge is 2.18. The van der Waals surface area contributed by atoms with Crippen LogP contribution in [0.3, 0.4) is 0 Å². The lowest BCUT2D eigenvalue weighted by Gasteiger charge is -2.22. The van der Waals surface area contributed by atoms with E-state index < -0.39 is 0 Å². The molecule has 6 nitrogen and oxygen atoms in total. The Bertz CT molecular complexity index is 1090. The van der Waals surface area contributed by atoms with Crippen molar-refractivity contribution in [2.24, 2.45) is 0 Å². The molecule has 0 unspecified atom stereocenters. The van der Waals surface area contributed by atoms with Crippen LogP contribution in [0, 0.1) is 11.3 Å². The van der Waals surface area contributed by atoms with E-state index in [1.807, 2.05) is 78.9 Å². The molecule has 6 heteroatoms. The van der Waals surface area contributed by atoms with Crippen molar-refractivity contribution >= 4 is 11.6 Å². The predicted octanol–water partition coefficient (Wildman–Crippen LogP) is 4.50. The Balaban J connectivity index is 1.29. The number of ether oxygens (including phenoxy) is 1. The molecule has 1 heterocycles. The van der Waals surface area contributed by atoms with Gasteiger partial charge in [-0.05, 0) is 61.5 Å². The average molecular weight is 441 g/mol. The van der Waals surface area contributed by atoms with Gasteiger partial charge in [0.05, 0.1) is 23.9 Å². The average Bonchev–Trinajstić information content (AvgIpc) is 3.06. The van der Waals surface area contributed by atoms with E-state index in [1.165, 1.54) is 5.56 Å². The van der Waals surface area contributed by atoms with Gasteiger partial charge in [-0.25, -0.2) is 0 Å². The zero-order valence-corrected chi connectivity index (χ0v) is 18.6. The normalized spacial score (nSPS) is 14.8. The number of carbonyl (C=O) groups is 1. The molecule has 0 spiro atoms. The van der Waals surface area contributed by atoms with E-state index in [4.69, 9.17) is 10.00 Å². The number of hydrogen-bond acceptors (Lipinski definition) is 5. The van der Waals surface area contributed by atoms with Crippen LogP contribution in [-0.2, 0) is 11.3 Å². The topological polar surface area (TPSA) is 68.6 Å². The van der Waals surface area contributed by atoms with E-state index >= 15 is 0 Å². The fourth-order valence-corrected chi connectivity index (χ4v) is 3.95. The van der Waals surface area contributed by atoms with E-state index in [-0.39, 0.29) is 5.91 Å². The predicted molar refractivity (Wildman–Crippen MR) is 129 cm³/mol. The third-order valence-electron chi connectivity index (χ3n) is 5.67. The van der Waals surface area contributed by atoms with Crippen molar-refractivity contribution in [2.45, 2.75) is 13.0 Å². The highest BCUT2D eigenvalue weighted by molar-refractivity contribution is 5.93. The molecule has 0 saturated carbocycles. The molecular formula is C27H28N4O2. The van der Waals surface area contributed by atoms with Crippen LogP contribution in [0.4, 0.5) is 5.69 Å². The van der Waals surface area contributed by atoms with Gasteiger partial charge in [0, 0.05) is 19.6 Å². The van der Waals surface area contributed by atoms with Gasteiger partial charge in [-0.1, -0.05) is 42.5 Å². The summed E-state index contributed by atoms with van der Waals surface area (Å²) in [5.41, 5.74) is 2.56. The van der Waals surface area contributed by atoms with Crippen molar-refractivity contribution in [3.05, 3.63) is 90.0 Å². The highest BCUT2D eigenvalue weighted by atomic mass is 16.5. The molecule has 0 radical (unpaired) electrons. The molecule has 1 aliphatic rings. The lowest BCUT2D eigenvalue weighted by Crippen LogP contribution is -2.36. The van der Waals surface area contributed by atoms with E-state index in [2.05, 4.69) is 21.2 Å². The van der Waals surface area contributed by atoms with Crippen molar-refractivity contribution < 1.29 is 9.53 Å². The minimum absolute atomic E-state index is 0.0420. The van der Waals surface area contributed by atoms with Crippen molar-refractivity contribution in [3.63, 3.8) is 0 Å². The van der Waals surface area contributed by atoms with Gasteiger partial charge >= 0.3 is 0 Å². The van der Waals surface area contributed by atoms with E-state index in [1.54, 1.807) is 0 Å². The van der Waals surface area contributed by atoms with Crippen molar-refractivity contribution in [1.29, 1.82) is 5.26 Å². The monoisotopic (exact) mass is 440 g/mol. The first kappa shape index (κ1) is 22.5.